The summed E-state index contributed by atoms with van der Waals surface area (Å²) in [4.78, 5) is 14.3. The number of amides is 1. The second-order valence-electron chi connectivity index (χ2n) is 5.72. The van der Waals surface area contributed by atoms with Gasteiger partial charge in [0, 0.05) is 31.5 Å². The molecule has 0 aliphatic carbocycles. The third-order valence-electron chi connectivity index (χ3n) is 4.19. The molecule has 1 saturated heterocycles. The zero-order chi connectivity index (χ0) is 16.2. The van der Waals surface area contributed by atoms with Gasteiger partial charge in [-0.05, 0) is 37.8 Å². The molecule has 23 heavy (non-hydrogen) atoms. The summed E-state index contributed by atoms with van der Waals surface area (Å²) in [6.07, 6.45) is 4.66. The molecular formula is C15H19F2N5O. The highest BCUT2D eigenvalue weighted by atomic mass is 19.3. The molecular weight excluding hydrogens is 304 g/mol. The number of aryl methyl sites for hydroxylation is 1. The lowest BCUT2D eigenvalue weighted by Gasteiger charge is -2.35. The Labute approximate surface area is 132 Å². The maximum Gasteiger partial charge on any atom is 0.279 e. The van der Waals surface area contributed by atoms with Crippen LogP contribution in [-0.2, 0) is 6.54 Å². The number of aromatic amines is 1. The van der Waals surface area contributed by atoms with E-state index in [1.54, 1.807) is 11.1 Å². The van der Waals surface area contributed by atoms with Crippen LogP contribution in [0.3, 0.4) is 0 Å². The van der Waals surface area contributed by atoms with Crippen molar-refractivity contribution < 1.29 is 13.6 Å². The summed E-state index contributed by atoms with van der Waals surface area (Å²) in [5.74, 6) is -0.279. The topological polar surface area (TPSA) is 66.8 Å². The minimum Gasteiger partial charge on any atom is -0.334 e. The van der Waals surface area contributed by atoms with E-state index in [0.29, 0.717) is 6.54 Å². The molecule has 0 bridgehead atoms. The van der Waals surface area contributed by atoms with Crippen LogP contribution >= 0.6 is 0 Å². The van der Waals surface area contributed by atoms with Crippen LogP contribution < -0.4 is 0 Å². The number of halogens is 2. The maximum absolute atomic E-state index is 12.6. The number of nitrogens with zero attached hydrogens (tertiary/aromatic N) is 4. The van der Waals surface area contributed by atoms with Gasteiger partial charge in [0.15, 0.2) is 5.69 Å². The number of H-pyrrole nitrogens is 1. The number of nitrogens with one attached hydrogen (secondary N) is 1. The van der Waals surface area contributed by atoms with Crippen molar-refractivity contribution in [3.8, 4) is 0 Å². The van der Waals surface area contributed by atoms with E-state index in [0.717, 1.165) is 38.3 Å². The van der Waals surface area contributed by atoms with Crippen molar-refractivity contribution in [2.24, 2.45) is 0 Å². The number of hydrogen-bond acceptors (Lipinski definition) is 3. The van der Waals surface area contributed by atoms with Crippen molar-refractivity contribution in [3.05, 3.63) is 35.9 Å². The summed E-state index contributed by atoms with van der Waals surface area (Å²) < 4.78 is 27.1. The van der Waals surface area contributed by atoms with Gasteiger partial charge in [-0.15, -0.1) is 0 Å². The summed E-state index contributed by atoms with van der Waals surface area (Å²) in [6.45, 7) is 1.36. The van der Waals surface area contributed by atoms with E-state index in [4.69, 9.17) is 0 Å². The molecule has 2 aromatic heterocycles. The maximum atomic E-state index is 12.6. The highest BCUT2D eigenvalue weighted by Crippen LogP contribution is 2.23. The van der Waals surface area contributed by atoms with Crippen molar-refractivity contribution in [2.75, 3.05) is 6.54 Å². The fourth-order valence-corrected chi connectivity index (χ4v) is 2.99. The van der Waals surface area contributed by atoms with Gasteiger partial charge in [-0.3, -0.25) is 14.6 Å². The zero-order valence-corrected chi connectivity index (χ0v) is 12.7. The first kappa shape index (κ1) is 15.6. The SMILES string of the molecule is O=C(c1cc(C(F)F)[nH]n1)N1CCCC[C@H]1CCn1cccn1. The standard InChI is InChI=1S/C15H19F2N5O/c16-14(17)12-10-13(20-19-12)15(23)22-8-2-1-4-11(22)5-9-21-7-3-6-18-21/h3,6-7,10-11,14H,1-2,4-5,8-9H2,(H,19,20)/t11-/m0/s1. The number of hydrogen-bond donors (Lipinski definition) is 1. The van der Waals surface area contributed by atoms with Crippen LogP contribution in [0.25, 0.3) is 0 Å². The van der Waals surface area contributed by atoms with Crippen molar-refractivity contribution in [1.82, 2.24) is 24.9 Å². The average molecular weight is 323 g/mol. The lowest BCUT2D eigenvalue weighted by molar-refractivity contribution is 0.0588. The minimum atomic E-state index is -2.65. The number of piperidine rings is 1. The normalized spacial score (nSPS) is 18.6. The monoisotopic (exact) mass is 323 g/mol. The van der Waals surface area contributed by atoms with Crippen LogP contribution in [0.15, 0.2) is 24.5 Å². The first-order valence-electron chi connectivity index (χ1n) is 7.77. The van der Waals surface area contributed by atoms with Crippen LogP contribution in [0.4, 0.5) is 8.78 Å². The summed E-state index contributed by atoms with van der Waals surface area (Å²) in [7, 11) is 0. The summed E-state index contributed by atoms with van der Waals surface area (Å²) in [5, 5.41) is 10.1. The minimum absolute atomic E-state index is 0.0614. The largest absolute Gasteiger partial charge is 0.334 e. The Kier molecular flexibility index (Phi) is 4.68. The van der Waals surface area contributed by atoms with Gasteiger partial charge in [0.2, 0.25) is 0 Å². The fraction of sp³-hybridized carbons (Fsp3) is 0.533. The number of carbonyl (C=O) groups is 1. The summed E-state index contributed by atoms with van der Waals surface area (Å²) in [5.41, 5.74) is -0.260. The van der Waals surface area contributed by atoms with E-state index < -0.39 is 6.43 Å². The molecule has 0 radical (unpaired) electrons. The molecule has 1 amide bonds. The second kappa shape index (κ2) is 6.89. The molecule has 1 fully saturated rings. The number of likely N-dealkylation sites (tertiary alicyclic amines) is 1. The van der Waals surface area contributed by atoms with Gasteiger partial charge in [-0.25, -0.2) is 8.78 Å². The smallest absolute Gasteiger partial charge is 0.279 e. The quantitative estimate of drug-likeness (QED) is 0.920. The molecule has 2 aromatic rings. The van der Waals surface area contributed by atoms with Crippen molar-refractivity contribution in [1.29, 1.82) is 0 Å². The van der Waals surface area contributed by atoms with Gasteiger partial charge in [0.25, 0.3) is 12.3 Å². The molecule has 1 atom stereocenters. The number of carbonyl (C=O) groups excluding carboxylic acids is 1. The van der Waals surface area contributed by atoms with Crippen molar-refractivity contribution in [3.63, 3.8) is 0 Å². The summed E-state index contributed by atoms with van der Waals surface area (Å²) in [6, 6.07) is 3.10. The van der Waals surface area contributed by atoms with E-state index >= 15 is 0 Å². The van der Waals surface area contributed by atoms with Crippen LogP contribution in [0.1, 0.15) is 48.3 Å². The van der Waals surface area contributed by atoms with Gasteiger partial charge < -0.3 is 4.90 Å². The molecule has 1 aliphatic heterocycles. The average Bonchev–Trinajstić information content (AvgIpc) is 3.24. The Balaban J connectivity index is 1.68. The Bertz CT molecular complexity index is 640. The van der Waals surface area contributed by atoms with Gasteiger partial charge >= 0.3 is 0 Å². The lowest BCUT2D eigenvalue weighted by atomic mass is 9.99. The number of aromatic nitrogens is 4. The third-order valence-corrected chi connectivity index (χ3v) is 4.19. The molecule has 3 heterocycles. The zero-order valence-electron chi connectivity index (χ0n) is 12.7. The first-order valence-corrected chi connectivity index (χ1v) is 7.77. The van der Waals surface area contributed by atoms with E-state index in [2.05, 4.69) is 15.3 Å². The highest BCUT2D eigenvalue weighted by Gasteiger charge is 2.29. The van der Waals surface area contributed by atoms with Gasteiger partial charge in [-0.2, -0.15) is 10.2 Å². The molecule has 0 aromatic carbocycles. The Morgan fingerprint density at radius 2 is 2.30 bits per heavy atom. The Morgan fingerprint density at radius 1 is 1.43 bits per heavy atom. The van der Waals surface area contributed by atoms with Gasteiger partial charge in [0.05, 0.1) is 0 Å². The highest BCUT2D eigenvalue weighted by molar-refractivity contribution is 5.92. The first-order chi connectivity index (χ1) is 11.1. The van der Waals surface area contributed by atoms with E-state index in [9.17, 15) is 13.6 Å². The molecule has 6 nitrogen and oxygen atoms in total. The van der Waals surface area contributed by atoms with Crippen LogP contribution in [-0.4, -0.2) is 43.4 Å². The molecule has 1 aliphatic rings. The predicted molar refractivity (Wildman–Crippen MR) is 79.1 cm³/mol. The molecule has 124 valence electrons. The fourth-order valence-electron chi connectivity index (χ4n) is 2.99. The molecule has 1 N–H and O–H groups in total. The molecule has 0 saturated carbocycles. The molecule has 3 rings (SSSR count). The van der Waals surface area contributed by atoms with Gasteiger partial charge in [-0.1, -0.05) is 0 Å². The molecule has 0 spiro atoms. The number of alkyl halides is 2. The van der Waals surface area contributed by atoms with Crippen molar-refractivity contribution in [2.45, 2.75) is 44.7 Å². The molecule has 0 unspecified atom stereocenters. The van der Waals surface area contributed by atoms with Crippen LogP contribution in [0.2, 0.25) is 0 Å². The summed E-state index contributed by atoms with van der Waals surface area (Å²) >= 11 is 0. The van der Waals surface area contributed by atoms with E-state index in [1.165, 1.54) is 0 Å². The number of rotatable bonds is 5. The van der Waals surface area contributed by atoms with Crippen LogP contribution in [0.5, 0.6) is 0 Å². The lowest BCUT2D eigenvalue weighted by Crippen LogP contribution is -2.44. The second-order valence-corrected chi connectivity index (χ2v) is 5.72. The van der Waals surface area contributed by atoms with Crippen molar-refractivity contribution >= 4 is 5.91 Å². The van der Waals surface area contributed by atoms with Gasteiger partial charge in [0.1, 0.15) is 5.69 Å². The van der Waals surface area contributed by atoms with Crippen LogP contribution in [0, 0.1) is 0 Å². The Morgan fingerprint density at radius 3 is 3.00 bits per heavy atom. The predicted octanol–water partition coefficient (Wildman–Crippen LogP) is 2.63. The Hall–Kier alpha value is -2.25. The van der Waals surface area contributed by atoms with E-state index in [-0.39, 0.29) is 23.3 Å². The van der Waals surface area contributed by atoms with E-state index in [1.807, 2.05) is 16.9 Å². The molecule has 8 heteroatoms. The third kappa shape index (κ3) is 3.57.